The first-order chi connectivity index (χ1) is 7.73. The molecule has 3 saturated carbocycles. The van der Waals surface area contributed by atoms with Gasteiger partial charge in [0.2, 0.25) is 0 Å². The molecule has 102 valence electrons. The predicted molar refractivity (Wildman–Crippen MR) is 70.8 cm³/mol. The van der Waals surface area contributed by atoms with Crippen LogP contribution in [0.1, 0.15) is 59.8 Å². The minimum atomic E-state index is -0.870. The molecule has 3 aliphatic rings. The van der Waals surface area contributed by atoms with Gasteiger partial charge in [-0.25, -0.2) is 0 Å². The predicted octanol–water partition coefficient (Wildman–Crippen LogP) is 3.15. The molecule has 0 heterocycles. The van der Waals surface area contributed by atoms with E-state index in [9.17, 15) is 10.2 Å². The summed E-state index contributed by atoms with van der Waals surface area (Å²) in [7, 11) is 0. The maximum atomic E-state index is 10.2. The molecule has 0 aromatic rings. The topological polar surface area (TPSA) is 64.3 Å². The molecule has 0 radical (unpaired) electrons. The molecule has 0 aromatic heterocycles. The second-order valence-electron chi connectivity index (χ2n) is 6.40. The van der Waals surface area contributed by atoms with E-state index in [0.29, 0.717) is 12.5 Å². The summed E-state index contributed by atoms with van der Waals surface area (Å²) in [6.45, 7) is 8.58. The summed E-state index contributed by atoms with van der Waals surface area (Å²) in [5.74, 6) is 0.614. The summed E-state index contributed by atoms with van der Waals surface area (Å²) in [6.07, 6.45) is 4.80. The van der Waals surface area contributed by atoms with E-state index in [0.717, 1.165) is 32.1 Å². The summed E-state index contributed by atoms with van der Waals surface area (Å²) in [6, 6.07) is 0. The van der Waals surface area contributed by atoms with Crippen molar-refractivity contribution in [2.75, 3.05) is 6.54 Å². The van der Waals surface area contributed by atoms with E-state index >= 15 is 0 Å². The van der Waals surface area contributed by atoms with E-state index in [1.165, 1.54) is 0 Å². The Morgan fingerprint density at radius 1 is 1.24 bits per heavy atom. The van der Waals surface area contributed by atoms with Gasteiger partial charge >= 0.3 is 0 Å². The number of unbranched alkanes of at least 4 members (excludes halogenated alkanes) is 1. The van der Waals surface area contributed by atoms with E-state index in [4.69, 9.17) is 5.73 Å². The van der Waals surface area contributed by atoms with Gasteiger partial charge in [0, 0.05) is 0 Å². The molecule has 0 aromatic carbocycles. The average Bonchev–Trinajstić information content (AvgIpc) is 2.23. The molecule has 3 rings (SSSR count). The fourth-order valence-corrected chi connectivity index (χ4v) is 3.30. The Labute approximate surface area is 105 Å². The van der Waals surface area contributed by atoms with Gasteiger partial charge < -0.3 is 15.9 Å². The van der Waals surface area contributed by atoms with Crippen LogP contribution in [0.25, 0.3) is 5.73 Å². The van der Waals surface area contributed by atoms with Gasteiger partial charge in [-0.05, 0) is 37.5 Å². The second-order valence-corrected chi connectivity index (χ2v) is 6.40. The largest absolute Gasteiger partial charge is 0.677 e. The van der Waals surface area contributed by atoms with Crippen LogP contribution in [0.4, 0.5) is 0 Å². The number of hydrogen-bond donors (Lipinski definition) is 2. The molecule has 3 aliphatic carbocycles. The molecular weight excluding hydrogens is 214 g/mol. The molecular formula is C14H28NO2-. The van der Waals surface area contributed by atoms with E-state index in [1.54, 1.807) is 6.92 Å². The molecule has 0 aliphatic heterocycles. The van der Waals surface area contributed by atoms with Gasteiger partial charge in [0.15, 0.2) is 0 Å². The van der Waals surface area contributed by atoms with Crippen molar-refractivity contribution >= 4 is 0 Å². The van der Waals surface area contributed by atoms with Crippen LogP contribution < -0.4 is 0 Å². The smallest absolute Gasteiger partial charge is 0.0986 e. The molecule has 0 amide bonds. The van der Waals surface area contributed by atoms with Gasteiger partial charge in [0.1, 0.15) is 0 Å². The summed E-state index contributed by atoms with van der Waals surface area (Å²) < 4.78 is 0. The zero-order valence-corrected chi connectivity index (χ0v) is 11.7. The number of fused-ring (bicyclic) bond motifs is 2. The molecule has 3 atom stereocenters. The SMILES string of the molecule is CC1(O)CCC2CC1(O)C2(C)C.CCCC[NH-]. The first-order valence-corrected chi connectivity index (χ1v) is 6.82. The van der Waals surface area contributed by atoms with Crippen LogP contribution in [0.3, 0.4) is 0 Å². The zero-order chi connectivity index (χ0) is 13.3. The summed E-state index contributed by atoms with van der Waals surface area (Å²) in [4.78, 5) is 0. The molecule has 3 N–H and O–H groups in total. The van der Waals surface area contributed by atoms with Crippen molar-refractivity contribution in [3.63, 3.8) is 0 Å². The normalized spacial score (nSPS) is 42.2. The fourth-order valence-electron chi connectivity index (χ4n) is 3.30. The van der Waals surface area contributed by atoms with Gasteiger partial charge in [0.05, 0.1) is 11.2 Å². The fraction of sp³-hybridized carbons (Fsp3) is 1.00. The van der Waals surface area contributed by atoms with Gasteiger partial charge in [-0.1, -0.05) is 33.6 Å². The third-order valence-corrected chi connectivity index (χ3v) is 5.03. The Hall–Kier alpha value is -0.120. The Balaban J connectivity index is 0.000000249. The van der Waals surface area contributed by atoms with Crippen molar-refractivity contribution in [2.24, 2.45) is 11.3 Å². The highest BCUT2D eigenvalue weighted by molar-refractivity contribution is 5.20. The molecule has 0 spiro atoms. The van der Waals surface area contributed by atoms with Crippen LogP contribution in [-0.4, -0.2) is 28.0 Å². The van der Waals surface area contributed by atoms with Crippen LogP contribution in [0.2, 0.25) is 0 Å². The Kier molecular flexibility index (Phi) is 4.28. The van der Waals surface area contributed by atoms with Crippen molar-refractivity contribution in [1.29, 1.82) is 0 Å². The summed E-state index contributed by atoms with van der Waals surface area (Å²) in [5, 5.41) is 20.3. The molecule has 3 fully saturated rings. The monoisotopic (exact) mass is 242 g/mol. The quantitative estimate of drug-likeness (QED) is 0.781. The number of aliphatic hydroxyl groups is 2. The number of nitrogens with one attached hydrogen (secondary N) is 1. The highest BCUT2D eigenvalue weighted by Crippen LogP contribution is 2.65. The first kappa shape index (κ1) is 14.9. The van der Waals surface area contributed by atoms with Gasteiger partial charge in [-0.3, -0.25) is 0 Å². The minimum absolute atomic E-state index is 0.0885. The van der Waals surface area contributed by atoms with E-state index in [-0.39, 0.29) is 5.41 Å². The minimum Gasteiger partial charge on any atom is -0.677 e. The van der Waals surface area contributed by atoms with Crippen molar-refractivity contribution in [3.05, 3.63) is 5.73 Å². The maximum Gasteiger partial charge on any atom is 0.0986 e. The Bertz CT molecular complexity index is 251. The molecule has 2 bridgehead atoms. The van der Waals surface area contributed by atoms with E-state index in [2.05, 4.69) is 20.8 Å². The molecule has 3 nitrogen and oxygen atoms in total. The van der Waals surface area contributed by atoms with Crippen LogP contribution in [0.15, 0.2) is 0 Å². The second kappa shape index (κ2) is 4.87. The lowest BCUT2D eigenvalue weighted by Gasteiger charge is -2.68. The number of hydrogen-bond acceptors (Lipinski definition) is 2. The lowest BCUT2D eigenvalue weighted by molar-refractivity contribution is -0.312. The molecule has 3 heteroatoms. The highest BCUT2D eigenvalue weighted by Gasteiger charge is 2.69. The summed E-state index contributed by atoms with van der Waals surface area (Å²) in [5.41, 5.74) is 4.81. The Morgan fingerprint density at radius 3 is 2.06 bits per heavy atom. The van der Waals surface area contributed by atoms with Gasteiger partial charge in [-0.2, -0.15) is 6.54 Å². The van der Waals surface area contributed by atoms with E-state index in [1.807, 2.05) is 0 Å². The zero-order valence-electron chi connectivity index (χ0n) is 11.7. The van der Waals surface area contributed by atoms with Crippen LogP contribution >= 0.6 is 0 Å². The summed E-state index contributed by atoms with van der Waals surface area (Å²) >= 11 is 0. The standard InChI is InChI=1S/C10H18O2.C4H10N/c1-8(2)7-4-5-9(3,11)10(8,12)6-7;1-2-3-4-5/h7,11-12H,4-6H2,1-3H3;5H,2-4H2,1H3/q;-1. The third-order valence-electron chi connectivity index (χ3n) is 5.03. The van der Waals surface area contributed by atoms with Crippen LogP contribution in [0, 0.1) is 11.3 Å². The van der Waals surface area contributed by atoms with Crippen molar-refractivity contribution < 1.29 is 10.2 Å². The average molecular weight is 242 g/mol. The van der Waals surface area contributed by atoms with Gasteiger partial charge in [0.25, 0.3) is 0 Å². The van der Waals surface area contributed by atoms with Gasteiger partial charge in [-0.15, -0.1) is 0 Å². The van der Waals surface area contributed by atoms with Crippen molar-refractivity contribution in [1.82, 2.24) is 0 Å². The van der Waals surface area contributed by atoms with Crippen molar-refractivity contribution in [2.45, 2.75) is 71.0 Å². The molecule has 17 heavy (non-hydrogen) atoms. The highest BCUT2D eigenvalue weighted by atomic mass is 16.4. The third kappa shape index (κ3) is 2.25. The lowest BCUT2D eigenvalue weighted by Crippen LogP contribution is -2.74. The number of rotatable bonds is 2. The lowest BCUT2D eigenvalue weighted by atomic mass is 9.41. The van der Waals surface area contributed by atoms with E-state index < -0.39 is 11.2 Å². The van der Waals surface area contributed by atoms with Crippen LogP contribution in [-0.2, 0) is 0 Å². The molecule has 3 unspecified atom stereocenters. The van der Waals surface area contributed by atoms with Crippen molar-refractivity contribution in [3.8, 4) is 0 Å². The first-order valence-electron chi connectivity index (χ1n) is 6.82. The Morgan fingerprint density at radius 2 is 1.82 bits per heavy atom. The van der Waals surface area contributed by atoms with Crippen LogP contribution in [0.5, 0.6) is 0 Å². The molecule has 0 saturated heterocycles. The maximum absolute atomic E-state index is 10.2.